The molecule has 150 valence electrons. The second kappa shape index (κ2) is 7.70. The number of rotatable bonds is 4. The summed E-state index contributed by atoms with van der Waals surface area (Å²) in [6, 6.07) is 20.0. The van der Waals surface area contributed by atoms with E-state index < -0.39 is 6.36 Å². The smallest absolute Gasteiger partial charge is 0.497 e. The van der Waals surface area contributed by atoms with Crippen molar-refractivity contribution < 1.29 is 22.6 Å². The third-order valence-electron chi connectivity index (χ3n) is 5.06. The zero-order chi connectivity index (χ0) is 20.4. The molecule has 0 aliphatic carbocycles. The maximum Gasteiger partial charge on any atom is 0.573 e. The average molecular weight is 399 g/mol. The molecule has 1 atom stereocenters. The molecule has 0 saturated carbocycles. The fourth-order valence-corrected chi connectivity index (χ4v) is 3.78. The monoisotopic (exact) mass is 399 g/mol. The van der Waals surface area contributed by atoms with Gasteiger partial charge >= 0.3 is 6.36 Å². The highest BCUT2D eigenvalue weighted by Gasteiger charge is 2.31. The molecule has 3 aromatic rings. The molecule has 3 aromatic carbocycles. The zero-order valence-electron chi connectivity index (χ0n) is 15.8. The van der Waals surface area contributed by atoms with Crippen LogP contribution in [0.2, 0.25) is 0 Å². The summed E-state index contributed by atoms with van der Waals surface area (Å²) in [5, 5.41) is 3.47. The molecule has 4 rings (SSSR count). The van der Waals surface area contributed by atoms with Crippen molar-refractivity contribution >= 4 is 5.69 Å². The lowest BCUT2D eigenvalue weighted by molar-refractivity contribution is -0.274. The molecular weight excluding hydrogens is 379 g/mol. The normalized spacial score (nSPS) is 15.9. The first-order valence-electron chi connectivity index (χ1n) is 9.31. The van der Waals surface area contributed by atoms with Crippen LogP contribution in [0.1, 0.15) is 23.6 Å². The minimum atomic E-state index is -4.70. The Kier molecular flexibility index (Phi) is 5.09. The summed E-state index contributed by atoms with van der Waals surface area (Å²) in [5.74, 6) is 0.593. The lowest BCUT2D eigenvalue weighted by atomic mass is 9.88. The van der Waals surface area contributed by atoms with Crippen LogP contribution in [-0.2, 0) is 6.42 Å². The quantitative estimate of drug-likeness (QED) is 0.554. The van der Waals surface area contributed by atoms with Crippen molar-refractivity contribution in [2.45, 2.75) is 25.2 Å². The molecule has 3 nitrogen and oxygen atoms in total. The Labute approximate surface area is 167 Å². The fraction of sp³-hybridized carbons (Fsp3) is 0.217. The van der Waals surface area contributed by atoms with E-state index in [9.17, 15) is 13.2 Å². The number of benzene rings is 3. The molecule has 0 spiro atoms. The fourth-order valence-electron chi connectivity index (χ4n) is 3.78. The van der Waals surface area contributed by atoms with E-state index in [1.54, 1.807) is 13.2 Å². The number of halogens is 3. The predicted molar refractivity (Wildman–Crippen MR) is 106 cm³/mol. The van der Waals surface area contributed by atoms with Gasteiger partial charge in [0.05, 0.1) is 13.2 Å². The Balaban J connectivity index is 1.61. The summed E-state index contributed by atoms with van der Waals surface area (Å²) >= 11 is 0. The maximum absolute atomic E-state index is 12.5. The molecule has 0 aromatic heterocycles. The first-order valence-corrected chi connectivity index (χ1v) is 9.31. The largest absolute Gasteiger partial charge is 0.573 e. The first kappa shape index (κ1) is 19.2. The number of hydrogen-bond donors (Lipinski definition) is 1. The summed E-state index contributed by atoms with van der Waals surface area (Å²) in [6.45, 7) is 0. The predicted octanol–water partition coefficient (Wildman–Crippen LogP) is 6.36. The minimum absolute atomic E-state index is 0.0835. The van der Waals surface area contributed by atoms with Gasteiger partial charge in [-0.2, -0.15) is 0 Å². The SMILES string of the molecule is COc1cccc(-c2cccc3c2CCC(c2cccc(OC(F)(F)F)c2)N3)c1. The van der Waals surface area contributed by atoms with Crippen molar-refractivity contribution in [3.8, 4) is 22.6 Å². The van der Waals surface area contributed by atoms with Crippen molar-refractivity contribution in [1.82, 2.24) is 0 Å². The van der Waals surface area contributed by atoms with Crippen LogP contribution in [0, 0.1) is 0 Å². The van der Waals surface area contributed by atoms with E-state index in [2.05, 4.69) is 16.1 Å². The van der Waals surface area contributed by atoms with Crippen LogP contribution in [0.15, 0.2) is 66.7 Å². The molecule has 1 aliphatic heterocycles. The van der Waals surface area contributed by atoms with Crippen LogP contribution in [-0.4, -0.2) is 13.5 Å². The standard InChI is InChI=1S/C23H20F3NO2/c1-28-17-7-2-5-15(13-17)19-9-4-10-22-20(19)11-12-21(27-22)16-6-3-8-18(14-16)29-23(24,25)26/h2-10,13-14,21,27H,11-12H2,1H3. The topological polar surface area (TPSA) is 30.5 Å². The molecule has 29 heavy (non-hydrogen) atoms. The molecule has 1 aliphatic rings. The van der Waals surface area contributed by atoms with Gasteiger partial charge in [-0.15, -0.1) is 13.2 Å². The third kappa shape index (κ3) is 4.31. The Morgan fingerprint density at radius 1 is 0.931 bits per heavy atom. The van der Waals surface area contributed by atoms with Crippen LogP contribution >= 0.6 is 0 Å². The van der Waals surface area contributed by atoms with Crippen molar-refractivity contribution in [3.05, 3.63) is 77.9 Å². The highest BCUT2D eigenvalue weighted by Crippen LogP contribution is 2.39. The van der Waals surface area contributed by atoms with E-state index in [-0.39, 0.29) is 11.8 Å². The van der Waals surface area contributed by atoms with E-state index in [0.29, 0.717) is 0 Å². The van der Waals surface area contributed by atoms with Gasteiger partial charge in [-0.1, -0.05) is 36.4 Å². The van der Waals surface area contributed by atoms with Gasteiger partial charge in [-0.3, -0.25) is 0 Å². The van der Waals surface area contributed by atoms with Crippen LogP contribution in [0.25, 0.3) is 11.1 Å². The average Bonchev–Trinajstić information content (AvgIpc) is 2.72. The minimum Gasteiger partial charge on any atom is -0.497 e. The van der Waals surface area contributed by atoms with Gasteiger partial charge < -0.3 is 14.8 Å². The van der Waals surface area contributed by atoms with Crippen molar-refractivity contribution in [3.63, 3.8) is 0 Å². The summed E-state index contributed by atoms with van der Waals surface area (Å²) in [6.07, 6.45) is -3.12. The van der Waals surface area contributed by atoms with Gasteiger partial charge in [0.25, 0.3) is 0 Å². The molecule has 0 saturated heterocycles. The van der Waals surface area contributed by atoms with Gasteiger partial charge in [0.1, 0.15) is 11.5 Å². The molecule has 1 unspecified atom stereocenters. The molecule has 0 amide bonds. The number of fused-ring (bicyclic) bond motifs is 1. The van der Waals surface area contributed by atoms with E-state index in [1.165, 1.54) is 17.7 Å². The van der Waals surface area contributed by atoms with E-state index in [0.717, 1.165) is 41.0 Å². The molecule has 0 fully saturated rings. The molecular formula is C23H20F3NO2. The molecule has 1 N–H and O–H groups in total. The second-order valence-corrected chi connectivity index (χ2v) is 6.92. The highest BCUT2D eigenvalue weighted by atomic mass is 19.4. The Morgan fingerprint density at radius 3 is 2.48 bits per heavy atom. The highest BCUT2D eigenvalue weighted by molar-refractivity contribution is 5.76. The summed E-state index contributed by atoms with van der Waals surface area (Å²) in [4.78, 5) is 0. The molecule has 1 heterocycles. The summed E-state index contributed by atoms with van der Waals surface area (Å²) in [7, 11) is 1.64. The van der Waals surface area contributed by atoms with Crippen molar-refractivity contribution in [1.29, 1.82) is 0 Å². The van der Waals surface area contributed by atoms with Crippen LogP contribution in [0.3, 0.4) is 0 Å². The molecule has 0 radical (unpaired) electrons. The Hall–Kier alpha value is -3.15. The number of alkyl halides is 3. The summed E-state index contributed by atoms with van der Waals surface area (Å²) in [5.41, 5.74) is 5.15. The van der Waals surface area contributed by atoms with Crippen LogP contribution < -0.4 is 14.8 Å². The maximum atomic E-state index is 12.5. The molecule has 0 bridgehead atoms. The lowest BCUT2D eigenvalue weighted by Crippen LogP contribution is -2.20. The number of nitrogens with one attached hydrogen (secondary N) is 1. The van der Waals surface area contributed by atoms with Crippen LogP contribution in [0.5, 0.6) is 11.5 Å². The number of anilines is 1. The number of methoxy groups -OCH3 is 1. The van der Waals surface area contributed by atoms with E-state index in [1.807, 2.05) is 42.5 Å². The second-order valence-electron chi connectivity index (χ2n) is 6.92. The van der Waals surface area contributed by atoms with Crippen LogP contribution in [0.4, 0.5) is 18.9 Å². The zero-order valence-corrected chi connectivity index (χ0v) is 15.8. The number of ether oxygens (including phenoxy) is 2. The Bertz CT molecular complexity index is 1020. The lowest BCUT2D eigenvalue weighted by Gasteiger charge is -2.29. The van der Waals surface area contributed by atoms with Gasteiger partial charge in [0.2, 0.25) is 0 Å². The number of hydrogen-bond acceptors (Lipinski definition) is 3. The van der Waals surface area contributed by atoms with E-state index in [4.69, 9.17) is 4.74 Å². The van der Waals surface area contributed by atoms with Crippen molar-refractivity contribution in [2.24, 2.45) is 0 Å². The first-order chi connectivity index (χ1) is 13.9. The Morgan fingerprint density at radius 2 is 1.69 bits per heavy atom. The van der Waals surface area contributed by atoms with E-state index >= 15 is 0 Å². The van der Waals surface area contributed by atoms with Gasteiger partial charge in [0, 0.05) is 5.69 Å². The molecule has 6 heteroatoms. The van der Waals surface area contributed by atoms with Gasteiger partial charge in [-0.05, 0) is 65.4 Å². The third-order valence-corrected chi connectivity index (χ3v) is 5.06. The van der Waals surface area contributed by atoms with Gasteiger partial charge in [0.15, 0.2) is 0 Å². The summed E-state index contributed by atoms with van der Waals surface area (Å²) < 4.78 is 47.0. The van der Waals surface area contributed by atoms with Gasteiger partial charge in [-0.25, -0.2) is 0 Å². The van der Waals surface area contributed by atoms with Crippen molar-refractivity contribution in [2.75, 3.05) is 12.4 Å².